The van der Waals surface area contributed by atoms with Crippen molar-refractivity contribution in [2.75, 3.05) is 6.61 Å². The maximum atomic E-state index is 11.4. The Morgan fingerprint density at radius 1 is 1.50 bits per heavy atom. The van der Waals surface area contributed by atoms with Crippen LogP contribution in [0.1, 0.15) is 28.2 Å². The molecular weight excluding hydrogens is 242 g/mol. The summed E-state index contributed by atoms with van der Waals surface area (Å²) in [5.41, 5.74) is 4.96. The Morgan fingerprint density at radius 2 is 2.17 bits per heavy atom. The second-order valence-corrected chi connectivity index (χ2v) is 3.04. The van der Waals surface area contributed by atoms with Crippen molar-refractivity contribution in [3.05, 3.63) is 16.5 Å². The van der Waals surface area contributed by atoms with Crippen molar-refractivity contribution in [3.63, 3.8) is 0 Å². The van der Waals surface area contributed by atoms with Gasteiger partial charge in [-0.2, -0.15) is 9.78 Å². The van der Waals surface area contributed by atoms with Crippen LogP contribution in [0.2, 0.25) is 0 Å². The molecule has 0 bridgehead atoms. The molecule has 1 rings (SSSR count). The first-order valence-electron chi connectivity index (χ1n) is 4.85. The number of carbonyl (C=O) groups excluding carboxylic acids is 3. The Bertz CT molecular complexity index is 542. The molecule has 94 valence electrons. The summed E-state index contributed by atoms with van der Waals surface area (Å²) in [4.78, 5) is 39.9. The number of nitrogens with zero attached hydrogens (tertiary/aromatic N) is 4. The van der Waals surface area contributed by atoms with E-state index >= 15 is 0 Å². The molecule has 18 heavy (non-hydrogen) atoms. The number of amides is 2. The van der Waals surface area contributed by atoms with Crippen LogP contribution in [0.5, 0.6) is 0 Å². The fraction of sp³-hybridized carbons (Fsp3) is 0.333. The Labute approximate surface area is 101 Å². The van der Waals surface area contributed by atoms with Gasteiger partial charge in [-0.1, -0.05) is 0 Å². The van der Waals surface area contributed by atoms with Crippen LogP contribution in [0.15, 0.2) is 0 Å². The van der Waals surface area contributed by atoms with E-state index in [0.29, 0.717) is 0 Å². The van der Waals surface area contributed by atoms with Crippen molar-refractivity contribution in [1.29, 1.82) is 0 Å². The monoisotopic (exact) mass is 252 g/mol. The summed E-state index contributed by atoms with van der Waals surface area (Å²) < 4.78 is 5.49. The van der Waals surface area contributed by atoms with Crippen molar-refractivity contribution in [1.82, 2.24) is 14.8 Å². The number of hydrogen-bond acceptors (Lipinski definition) is 6. The van der Waals surface area contributed by atoms with Crippen molar-refractivity contribution in [3.8, 4) is 6.57 Å². The van der Waals surface area contributed by atoms with Gasteiger partial charge in [0.05, 0.1) is 6.61 Å². The van der Waals surface area contributed by atoms with Gasteiger partial charge in [0.1, 0.15) is 6.54 Å². The van der Waals surface area contributed by atoms with Gasteiger partial charge in [-0.3, -0.25) is 4.79 Å². The molecule has 0 saturated heterocycles. The number of aromatic nitrogens is 3. The predicted molar refractivity (Wildman–Crippen MR) is 57.8 cm³/mol. The number of nitrogens with two attached hydrogens (primary N) is 1. The predicted octanol–water partition coefficient (Wildman–Crippen LogP) is -0.957. The van der Waals surface area contributed by atoms with Crippen LogP contribution in [0.3, 0.4) is 0 Å². The molecule has 1 aromatic heterocycles. The topological polar surface area (TPSA) is 122 Å². The molecule has 9 nitrogen and oxygen atoms in total. The second kappa shape index (κ2) is 5.53. The normalized spacial score (nSPS) is 9.56. The highest BCUT2D eigenvalue weighted by molar-refractivity contribution is 6.00. The van der Waals surface area contributed by atoms with Gasteiger partial charge in [-0.05, 0) is 6.92 Å². The molecule has 0 radical (unpaired) electrons. The molecule has 0 saturated carbocycles. The van der Waals surface area contributed by atoms with E-state index in [-0.39, 0.29) is 18.3 Å². The van der Waals surface area contributed by atoms with E-state index in [1.807, 2.05) is 0 Å². The van der Waals surface area contributed by atoms with Crippen LogP contribution in [-0.4, -0.2) is 39.2 Å². The zero-order valence-electron chi connectivity index (χ0n) is 9.49. The van der Waals surface area contributed by atoms with Crippen molar-refractivity contribution < 1.29 is 19.1 Å². The summed E-state index contributed by atoms with van der Waals surface area (Å²) >= 11 is 0. The maximum absolute atomic E-state index is 11.4. The average molecular weight is 252 g/mol. The molecule has 0 spiro atoms. The van der Waals surface area contributed by atoms with Crippen molar-refractivity contribution >= 4 is 17.8 Å². The van der Waals surface area contributed by atoms with Crippen LogP contribution >= 0.6 is 0 Å². The summed E-state index contributed by atoms with van der Waals surface area (Å²) in [6, 6.07) is 0. The first kappa shape index (κ1) is 13.3. The zero-order valence-corrected chi connectivity index (χ0v) is 9.49. The lowest BCUT2D eigenvalue weighted by Crippen LogP contribution is -2.22. The molecule has 0 unspecified atom stereocenters. The molecule has 9 heteroatoms. The van der Waals surface area contributed by atoms with Gasteiger partial charge in [0.2, 0.25) is 5.91 Å². The first-order chi connectivity index (χ1) is 8.49. The van der Waals surface area contributed by atoms with Crippen LogP contribution in [0.25, 0.3) is 4.85 Å². The minimum atomic E-state index is -0.931. The second-order valence-electron chi connectivity index (χ2n) is 3.04. The van der Waals surface area contributed by atoms with E-state index in [1.54, 1.807) is 6.92 Å². The molecule has 0 aliphatic heterocycles. The SMILES string of the molecule is C#[N+]C(=O)c1nc(C(=O)OCC)nn1CC(N)=O. The summed E-state index contributed by atoms with van der Waals surface area (Å²) in [6.45, 7) is 6.10. The Hall–Kier alpha value is -2.76. The number of esters is 1. The summed E-state index contributed by atoms with van der Waals surface area (Å²) in [5, 5.41) is 3.63. The van der Waals surface area contributed by atoms with E-state index in [0.717, 1.165) is 4.68 Å². The molecule has 1 aromatic rings. The average Bonchev–Trinajstić information content (AvgIpc) is 2.71. The first-order valence-corrected chi connectivity index (χ1v) is 4.85. The lowest BCUT2D eigenvalue weighted by molar-refractivity contribution is -0.118. The number of hydrogen-bond donors (Lipinski definition) is 1. The quantitative estimate of drug-likeness (QED) is 0.674. The molecule has 0 aliphatic rings. The maximum Gasteiger partial charge on any atom is 0.584 e. The highest BCUT2D eigenvalue weighted by Gasteiger charge is 2.28. The van der Waals surface area contributed by atoms with Crippen LogP contribution < -0.4 is 5.73 Å². The van der Waals surface area contributed by atoms with Gasteiger partial charge in [-0.15, -0.1) is 5.10 Å². The highest BCUT2D eigenvalue weighted by atomic mass is 16.5. The standard InChI is InChI=1S/C9H9N5O4/c1-3-18-9(17)6-12-7(8(16)11-2)14(13-6)4-5(10)15/h2H,3-4H2,1H3,(H-,10,15)/p+1. The zero-order chi connectivity index (χ0) is 13.7. The molecule has 0 atom stereocenters. The third-order valence-electron chi connectivity index (χ3n) is 1.74. The highest BCUT2D eigenvalue weighted by Crippen LogP contribution is 2.03. The fourth-order valence-corrected chi connectivity index (χ4v) is 1.10. The van der Waals surface area contributed by atoms with Crippen LogP contribution in [0, 0.1) is 6.57 Å². The number of primary amides is 1. The van der Waals surface area contributed by atoms with Crippen LogP contribution in [-0.2, 0) is 16.1 Å². The Kier molecular flexibility index (Phi) is 4.09. The molecule has 0 fully saturated rings. The molecule has 0 aromatic carbocycles. The molecule has 0 aliphatic carbocycles. The number of carbonyl (C=O) groups is 3. The summed E-state index contributed by atoms with van der Waals surface area (Å²) in [5.74, 6) is -3.25. The van der Waals surface area contributed by atoms with Gasteiger partial charge < -0.3 is 10.5 Å². The van der Waals surface area contributed by atoms with Crippen molar-refractivity contribution in [2.45, 2.75) is 13.5 Å². The van der Waals surface area contributed by atoms with E-state index in [2.05, 4.69) is 19.7 Å². The third kappa shape index (κ3) is 2.88. The minimum absolute atomic E-state index is 0.119. The molecular formula is C9H10N5O4+. The third-order valence-corrected chi connectivity index (χ3v) is 1.74. The van der Waals surface area contributed by atoms with E-state index in [1.165, 1.54) is 0 Å². The van der Waals surface area contributed by atoms with Crippen molar-refractivity contribution in [2.24, 2.45) is 5.73 Å². The fourth-order valence-electron chi connectivity index (χ4n) is 1.10. The summed E-state index contributed by atoms with van der Waals surface area (Å²) in [6.07, 6.45) is 0. The largest absolute Gasteiger partial charge is 0.584 e. The Morgan fingerprint density at radius 3 is 2.67 bits per heavy atom. The lowest BCUT2D eigenvalue weighted by atomic mass is 10.5. The molecule has 2 N–H and O–H groups in total. The summed E-state index contributed by atoms with van der Waals surface area (Å²) in [7, 11) is 0. The van der Waals surface area contributed by atoms with Gasteiger partial charge in [0.15, 0.2) is 0 Å². The lowest BCUT2D eigenvalue weighted by Gasteiger charge is -1.96. The van der Waals surface area contributed by atoms with Gasteiger partial charge >= 0.3 is 11.9 Å². The van der Waals surface area contributed by atoms with Crippen LogP contribution in [0.4, 0.5) is 0 Å². The van der Waals surface area contributed by atoms with Gasteiger partial charge in [0, 0.05) is 4.85 Å². The molecule has 1 heterocycles. The van der Waals surface area contributed by atoms with Gasteiger partial charge in [0.25, 0.3) is 18.2 Å². The Balaban J connectivity index is 3.15. The number of rotatable bonds is 5. The molecule has 2 amide bonds. The minimum Gasteiger partial charge on any atom is -0.460 e. The van der Waals surface area contributed by atoms with E-state index in [9.17, 15) is 14.4 Å². The van der Waals surface area contributed by atoms with Gasteiger partial charge in [-0.25, -0.2) is 9.48 Å². The smallest absolute Gasteiger partial charge is 0.460 e. The van der Waals surface area contributed by atoms with E-state index < -0.39 is 24.3 Å². The number of ether oxygens (including phenoxy) is 1. The van der Waals surface area contributed by atoms with E-state index in [4.69, 9.17) is 12.3 Å².